The summed E-state index contributed by atoms with van der Waals surface area (Å²) in [6.45, 7) is 4.53. The van der Waals surface area contributed by atoms with Crippen LogP contribution in [0.5, 0.6) is 5.75 Å². The average molecular weight is 387 g/mol. The molecule has 2 aromatic carbocycles. The zero-order chi connectivity index (χ0) is 20.0. The summed E-state index contributed by atoms with van der Waals surface area (Å²) in [5.74, 6) is -0.802. The Hall–Kier alpha value is -3.04. The molecule has 7 heteroatoms. The number of carbonyl (C=O) groups is 2. The molecule has 0 aliphatic heterocycles. The molecule has 2 aromatic rings. The minimum absolute atomic E-state index is 0.316. The van der Waals surface area contributed by atoms with E-state index in [0.29, 0.717) is 22.0 Å². The Morgan fingerprint density at radius 2 is 1.78 bits per heavy atom. The van der Waals surface area contributed by atoms with Gasteiger partial charge in [0.1, 0.15) is 11.8 Å². The quantitative estimate of drug-likeness (QED) is 0.759. The molecule has 1 atom stereocenters. The van der Waals surface area contributed by atoms with E-state index in [1.54, 1.807) is 62.4 Å². The van der Waals surface area contributed by atoms with Crippen LogP contribution in [0.25, 0.3) is 0 Å². The van der Waals surface area contributed by atoms with Crippen LogP contribution in [0.2, 0.25) is 5.02 Å². The van der Waals surface area contributed by atoms with Gasteiger partial charge in [-0.25, -0.2) is 4.79 Å². The molecule has 0 spiro atoms. The molecule has 0 aromatic heterocycles. The maximum atomic E-state index is 12.4. The van der Waals surface area contributed by atoms with Crippen LogP contribution in [0.15, 0.2) is 48.5 Å². The molecule has 1 unspecified atom stereocenters. The Kier molecular flexibility index (Phi) is 6.43. The number of amides is 1. The highest BCUT2D eigenvalue weighted by Crippen LogP contribution is 2.22. The van der Waals surface area contributed by atoms with Crippen molar-refractivity contribution in [1.82, 2.24) is 0 Å². The molecule has 0 saturated carbocycles. The molecular formula is C20H19ClN2O4. The minimum Gasteiger partial charge on any atom is -0.476 e. The number of nitrogens with zero attached hydrogens (tertiary/aromatic N) is 1. The number of nitrogens with one attached hydrogen (secondary N) is 1. The molecule has 6 nitrogen and oxygen atoms in total. The second-order valence-corrected chi connectivity index (χ2v) is 6.70. The van der Waals surface area contributed by atoms with Gasteiger partial charge in [-0.05, 0) is 57.2 Å². The van der Waals surface area contributed by atoms with Gasteiger partial charge in [0, 0.05) is 5.02 Å². The number of carbonyl (C=O) groups excluding carboxylic acids is 2. The summed E-state index contributed by atoms with van der Waals surface area (Å²) in [6, 6.07) is 15.1. The minimum atomic E-state index is -1.31. The number of hydrogen-bond acceptors (Lipinski definition) is 5. The summed E-state index contributed by atoms with van der Waals surface area (Å²) in [4.78, 5) is 24.7. The second kappa shape index (κ2) is 8.56. The van der Waals surface area contributed by atoms with Crippen molar-refractivity contribution in [3.05, 3.63) is 59.1 Å². The van der Waals surface area contributed by atoms with Crippen molar-refractivity contribution >= 4 is 29.2 Å². The predicted octanol–water partition coefficient (Wildman–Crippen LogP) is 3.94. The van der Waals surface area contributed by atoms with Crippen molar-refractivity contribution in [2.45, 2.75) is 32.5 Å². The van der Waals surface area contributed by atoms with Crippen molar-refractivity contribution in [2.75, 3.05) is 5.32 Å². The third-order valence-corrected chi connectivity index (χ3v) is 3.89. The molecule has 0 aliphatic rings. The van der Waals surface area contributed by atoms with Gasteiger partial charge in [0.25, 0.3) is 5.91 Å². The van der Waals surface area contributed by atoms with Gasteiger partial charge >= 0.3 is 5.97 Å². The number of hydrogen-bond donors (Lipinski definition) is 1. The number of esters is 1. The van der Waals surface area contributed by atoms with E-state index in [0.717, 1.165) is 0 Å². The van der Waals surface area contributed by atoms with E-state index in [1.807, 2.05) is 6.07 Å². The third-order valence-electron chi connectivity index (χ3n) is 3.64. The number of para-hydroxylation sites is 1. The predicted molar refractivity (Wildman–Crippen MR) is 101 cm³/mol. The van der Waals surface area contributed by atoms with E-state index in [-0.39, 0.29) is 0 Å². The molecular weight excluding hydrogens is 368 g/mol. The van der Waals surface area contributed by atoms with E-state index in [2.05, 4.69) is 5.32 Å². The van der Waals surface area contributed by atoms with Gasteiger partial charge in [-0.3, -0.25) is 4.79 Å². The van der Waals surface area contributed by atoms with Gasteiger partial charge in [-0.1, -0.05) is 23.7 Å². The van der Waals surface area contributed by atoms with Crippen molar-refractivity contribution in [2.24, 2.45) is 0 Å². The van der Waals surface area contributed by atoms with Gasteiger partial charge in [0.15, 0.2) is 11.7 Å². The Balaban J connectivity index is 1.99. The van der Waals surface area contributed by atoms with E-state index < -0.39 is 23.6 Å². The topological polar surface area (TPSA) is 88.4 Å². The van der Waals surface area contributed by atoms with Crippen LogP contribution in [0.1, 0.15) is 26.3 Å². The normalized spacial score (nSPS) is 11.8. The molecule has 2 rings (SSSR count). The van der Waals surface area contributed by atoms with Gasteiger partial charge in [0.05, 0.1) is 11.3 Å². The number of nitriles is 1. The number of ether oxygens (including phenoxy) is 2. The van der Waals surface area contributed by atoms with Gasteiger partial charge in [-0.15, -0.1) is 0 Å². The van der Waals surface area contributed by atoms with Crippen LogP contribution >= 0.6 is 11.6 Å². The highest BCUT2D eigenvalue weighted by atomic mass is 35.5. The highest BCUT2D eigenvalue weighted by molar-refractivity contribution is 6.30. The van der Waals surface area contributed by atoms with Gasteiger partial charge < -0.3 is 14.8 Å². The molecule has 1 N–H and O–H groups in total. The van der Waals surface area contributed by atoms with Crippen LogP contribution in [0.4, 0.5) is 5.69 Å². The van der Waals surface area contributed by atoms with Gasteiger partial charge in [0.2, 0.25) is 0 Å². The fraction of sp³-hybridized carbons (Fsp3) is 0.250. The van der Waals surface area contributed by atoms with Crippen molar-refractivity contribution in [1.29, 1.82) is 5.26 Å². The molecule has 0 bridgehead atoms. The van der Waals surface area contributed by atoms with E-state index in [9.17, 15) is 9.59 Å². The van der Waals surface area contributed by atoms with Crippen molar-refractivity contribution in [3.8, 4) is 11.8 Å². The van der Waals surface area contributed by atoms with E-state index in [1.165, 1.54) is 6.92 Å². The molecule has 0 saturated heterocycles. The van der Waals surface area contributed by atoms with Crippen LogP contribution < -0.4 is 10.1 Å². The first-order valence-electron chi connectivity index (χ1n) is 8.18. The molecule has 1 amide bonds. The first-order valence-corrected chi connectivity index (χ1v) is 8.56. The lowest BCUT2D eigenvalue weighted by atomic mass is 10.1. The van der Waals surface area contributed by atoms with Crippen LogP contribution in [0.3, 0.4) is 0 Å². The standard InChI is InChI=1S/C20H19ClN2O4/c1-13(18(24)23-17-7-5-4-6-14(17)12-22)26-19(25)20(2,3)27-16-10-8-15(21)9-11-16/h4-11,13H,1-3H3,(H,23,24). The molecule has 0 aliphatic carbocycles. The third kappa shape index (κ3) is 5.47. The lowest BCUT2D eigenvalue weighted by Crippen LogP contribution is -2.43. The first kappa shape index (κ1) is 20.3. The largest absolute Gasteiger partial charge is 0.476 e. The summed E-state index contributed by atoms with van der Waals surface area (Å²) in [7, 11) is 0. The Bertz CT molecular complexity index is 872. The molecule has 27 heavy (non-hydrogen) atoms. The fourth-order valence-corrected chi connectivity index (χ4v) is 2.24. The summed E-state index contributed by atoms with van der Waals surface area (Å²) in [5, 5.41) is 12.2. The fourth-order valence-electron chi connectivity index (χ4n) is 2.12. The monoisotopic (exact) mass is 386 g/mol. The highest BCUT2D eigenvalue weighted by Gasteiger charge is 2.34. The smallest absolute Gasteiger partial charge is 0.350 e. The zero-order valence-corrected chi connectivity index (χ0v) is 15.9. The van der Waals surface area contributed by atoms with E-state index in [4.69, 9.17) is 26.3 Å². The lowest BCUT2D eigenvalue weighted by molar-refractivity contribution is -0.166. The Morgan fingerprint density at radius 3 is 2.41 bits per heavy atom. The van der Waals surface area contributed by atoms with E-state index >= 15 is 0 Å². The van der Waals surface area contributed by atoms with Crippen LogP contribution in [-0.2, 0) is 14.3 Å². The summed E-state index contributed by atoms with van der Waals surface area (Å²) in [6.07, 6.45) is -1.07. The first-order chi connectivity index (χ1) is 12.7. The SMILES string of the molecule is CC(OC(=O)C(C)(C)Oc1ccc(Cl)cc1)C(=O)Nc1ccccc1C#N. The van der Waals surface area contributed by atoms with Crippen LogP contribution in [-0.4, -0.2) is 23.6 Å². The summed E-state index contributed by atoms with van der Waals surface area (Å²) >= 11 is 5.83. The summed E-state index contributed by atoms with van der Waals surface area (Å²) < 4.78 is 10.9. The average Bonchev–Trinajstić information content (AvgIpc) is 2.63. The second-order valence-electron chi connectivity index (χ2n) is 6.26. The zero-order valence-electron chi connectivity index (χ0n) is 15.2. The maximum absolute atomic E-state index is 12.4. The molecule has 0 fully saturated rings. The summed E-state index contributed by atoms with van der Waals surface area (Å²) in [5.41, 5.74) is -0.646. The molecule has 140 valence electrons. The van der Waals surface area contributed by atoms with Crippen molar-refractivity contribution < 1.29 is 19.1 Å². The Morgan fingerprint density at radius 1 is 1.15 bits per heavy atom. The van der Waals surface area contributed by atoms with Gasteiger partial charge in [-0.2, -0.15) is 5.26 Å². The number of rotatable bonds is 6. The van der Waals surface area contributed by atoms with Crippen LogP contribution in [0, 0.1) is 11.3 Å². The van der Waals surface area contributed by atoms with Crippen molar-refractivity contribution in [3.63, 3.8) is 0 Å². The lowest BCUT2D eigenvalue weighted by Gasteiger charge is -2.26. The maximum Gasteiger partial charge on any atom is 0.350 e. The molecule has 0 radical (unpaired) electrons. The number of halogens is 1. The Labute approximate surface area is 162 Å². The number of benzene rings is 2. The molecule has 0 heterocycles. The number of anilines is 1.